The number of ether oxygens (including phenoxy) is 2. The monoisotopic (exact) mass is 285 g/mol. The van der Waals surface area contributed by atoms with E-state index in [9.17, 15) is 0 Å². The van der Waals surface area contributed by atoms with Gasteiger partial charge in [-0.15, -0.1) is 0 Å². The van der Waals surface area contributed by atoms with Crippen LogP contribution in [-0.4, -0.2) is 19.3 Å². The van der Waals surface area contributed by atoms with Crippen molar-refractivity contribution >= 4 is 0 Å². The van der Waals surface area contributed by atoms with Crippen LogP contribution < -0.4 is 10.1 Å². The quantitative estimate of drug-likeness (QED) is 0.795. The van der Waals surface area contributed by atoms with E-state index in [1.54, 1.807) is 0 Å². The number of hydrogen-bond acceptors (Lipinski definition) is 3. The molecule has 0 heterocycles. The lowest BCUT2D eigenvalue weighted by Gasteiger charge is -2.13. The Hall–Kier alpha value is -1.84. The van der Waals surface area contributed by atoms with Gasteiger partial charge in [0.05, 0.1) is 6.10 Å². The van der Waals surface area contributed by atoms with E-state index in [-0.39, 0.29) is 6.10 Å². The molecule has 0 aliphatic rings. The van der Waals surface area contributed by atoms with Crippen LogP contribution in [0.4, 0.5) is 0 Å². The summed E-state index contributed by atoms with van der Waals surface area (Å²) >= 11 is 0. The normalized spacial score (nSPS) is 12.1. The second-order valence-electron chi connectivity index (χ2n) is 4.96. The van der Waals surface area contributed by atoms with Crippen LogP contribution in [0, 0.1) is 0 Å². The molecular formula is C18H23NO2. The van der Waals surface area contributed by atoms with Crippen molar-refractivity contribution in [3.8, 4) is 11.5 Å². The molecule has 0 saturated carbocycles. The number of nitrogens with one attached hydrogen (secondary N) is 1. The van der Waals surface area contributed by atoms with Gasteiger partial charge in [0, 0.05) is 19.7 Å². The van der Waals surface area contributed by atoms with Crippen molar-refractivity contribution in [3.05, 3.63) is 60.2 Å². The molecule has 0 aliphatic carbocycles. The maximum Gasteiger partial charge on any atom is 0.127 e. The fourth-order valence-electron chi connectivity index (χ4n) is 2.11. The summed E-state index contributed by atoms with van der Waals surface area (Å²) in [4.78, 5) is 0. The van der Waals surface area contributed by atoms with E-state index in [1.807, 2.05) is 49.4 Å². The van der Waals surface area contributed by atoms with Gasteiger partial charge in [0.15, 0.2) is 0 Å². The summed E-state index contributed by atoms with van der Waals surface area (Å²) in [5, 5.41) is 3.40. The van der Waals surface area contributed by atoms with Crippen molar-refractivity contribution in [1.29, 1.82) is 0 Å². The Bertz CT molecular complexity index is 528. The molecule has 2 aromatic carbocycles. The van der Waals surface area contributed by atoms with Gasteiger partial charge in [-0.05, 0) is 43.7 Å². The third-order valence-corrected chi connectivity index (χ3v) is 3.09. The predicted molar refractivity (Wildman–Crippen MR) is 85.8 cm³/mol. The van der Waals surface area contributed by atoms with Crippen molar-refractivity contribution in [2.24, 2.45) is 0 Å². The lowest BCUT2D eigenvalue weighted by atomic mass is 10.2. The molecule has 0 aliphatic heterocycles. The lowest BCUT2D eigenvalue weighted by molar-refractivity contribution is 0.0759. The summed E-state index contributed by atoms with van der Waals surface area (Å²) in [5.74, 6) is 1.71. The van der Waals surface area contributed by atoms with Gasteiger partial charge in [0.1, 0.15) is 11.5 Å². The highest BCUT2D eigenvalue weighted by Crippen LogP contribution is 2.21. The summed E-state index contributed by atoms with van der Waals surface area (Å²) in [6.45, 7) is 6.50. The Morgan fingerprint density at radius 3 is 2.52 bits per heavy atom. The molecule has 0 amide bonds. The summed E-state index contributed by atoms with van der Waals surface area (Å²) in [7, 11) is 0. The Morgan fingerprint density at radius 2 is 1.76 bits per heavy atom. The molecule has 2 rings (SSSR count). The molecule has 3 heteroatoms. The average molecular weight is 285 g/mol. The van der Waals surface area contributed by atoms with Gasteiger partial charge < -0.3 is 14.8 Å². The van der Waals surface area contributed by atoms with E-state index in [0.717, 1.165) is 31.2 Å². The van der Waals surface area contributed by atoms with E-state index >= 15 is 0 Å². The second kappa shape index (κ2) is 8.45. The molecule has 1 N–H and O–H groups in total. The standard InChI is InChI=1S/C18H23NO2/c1-3-20-15(2)13-19-14-16-8-7-11-18(12-16)21-17-9-5-4-6-10-17/h4-12,15,19H,3,13-14H2,1-2H3. The first kappa shape index (κ1) is 15.5. The molecule has 0 saturated heterocycles. The van der Waals surface area contributed by atoms with Gasteiger partial charge in [-0.3, -0.25) is 0 Å². The minimum atomic E-state index is 0.235. The van der Waals surface area contributed by atoms with Crippen LogP contribution in [0.5, 0.6) is 11.5 Å². The van der Waals surface area contributed by atoms with Gasteiger partial charge in [-0.1, -0.05) is 30.3 Å². The van der Waals surface area contributed by atoms with Crippen LogP contribution in [0.15, 0.2) is 54.6 Å². The molecular weight excluding hydrogens is 262 g/mol. The number of hydrogen-bond donors (Lipinski definition) is 1. The van der Waals surface area contributed by atoms with E-state index in [4.69, 9.17) is 9.47 Å². The molecule has 0 radical (unpaired) electrons. The first-order valence-corrected chi connectivity index (χ1v) is 7.42. The van der Waals surface area contributed by atoms with Crippen LogP contribution in [0.1, 0.15) is 19.4 Å². The van der Waals surface area contributed by atoms with E-state index in [1.165, 1.54) is 5.56 Å². The Kier molecular flexibility index (Phi) is 6.25. The lowest BCUT2D eigenvalue weighted by Crippen LogP contribution is -2.26. The average Bonchev–Trinajstić information content (AvgIpc) is 2.49. The molecule has 0 spiro atoms. The van der Waals surface area contributed by atoms with Crippen molar-refractivity contribution in [2.75, 3.05) is 13.2 Å². The zero-order valence-corrected chi connectivity index (χ0v) is 12.7. The van der Waals surface area contributed by atoms with Crippen LogP contribution in [0.3, 0.4) is 0 Å². The maximum atomic E-state index is 5.83. The van der Waals surface area contributed by atoms with E-state index in [0.29, 0.717) is 0 Å². The molecule has 2 aromatic rings. The Balaban J connectivity index is 1.86. The topological polar surface area (TPSA) is 30.5 Å². The Labute approximate surface area is 126 Å². The Morgan fingerprint density at radius 1 is 1.00 bits per heavy atom. The molecule has 1 atom stereocenters. The summed E-state index contributed by atoms with van der Waals surface area (Å²) in [5.41, 5.74) is 1.20. The smallest absolute Gasteiger partial charge is 0.127 e. The second-order valence-corrected chi connectivity index (χ2v) is 4.96. The molecule has 3 nitrogen and oxygen atoms in total. The summed E-state index contributed by atoms with van der Waals surface area (Å²) < 4.78 is 11.3. The van der Waals surface area contributed by atoms with Gasteiger partial charge >= 0.3 is 0 Å². The third-order valence-electron chi connectivity index (χ3n) is 3.09. The SMILES string of the molecule is CCOC(C)CNCc1cccc(Oc2ccccc2)c1. The minimum absolute atomic E-state index is 0.235. The number of benzene rings is 2. The largest absolute Gasteiger partial charge is 0.457 e. The number of rotatable bonds is 8. The molecule has 112 valence electrons. The van der Waals surface area contributed by atoms with Crippen molar-refractivity contribution in [3.63, 3.8) is 0 Å². The van der Waals surface area contributed by atoms with Gasteiger partial charge in [-0.25, -0.2) is 0 Å². The van der Waals surface area contributed by atoms with Crippen LogP contribution in [0.25, 0.3) is 0 Å². The highest BCUT2D eigenvalue weighted by molar-refractivity contribution is 5.33. The molecule has 21 heavy (non-hydrogen) atoms. The fraction of sp³-hybridized carbons (Fsp3) is 0.333. The summed E-state index contributed by atoms with van der Waals surface area (Å²) in [6.07, 6.45) is 0.235. The molecule has 0 fully saturated rings. The van der Waals surface area contributed by atoms with Crippen molar-refractivity contribution in [1.82, 2.24) is 5.32 Å². The molecule has 0 bridgehead atoms. The number of para-hydroxylation sites is 1. The zero-order chi connectivity index (χ0) is 14.9. The predicted octanol–water partition coefficient (Wildman–Crippen LogP) is 3.99. The maximum absolute atomic E-state index is 5.83. The van der Waals surface area contributed by atoms with Gasteiger partial charge in [0.25, 0.3) is 0 Å². The van der Waals surface area contributed by atoms with Crippen LogP contribution in [-0.2, 0) is 11.3 Å². The van der Waals surface area contributed by atoms with Crippen LogP contribution >= 0.6 is 0 Å². The first-order valence-electron chi connectivity index (χ1n) is 7.42. The summed E-state index contributed by atoms with van der Waals surface area (Å²) in [6, 6.07) is 18.0. The van der Waals surface area contributed by atoms with Gasteiger partial charge in [0.2, 0.25) is 0 Å². The van der Waals surface area contributed by atoms with Crippen molar-refractivity contribution in [2.45, 2.75) is 26.5 Å². The van der Waals surface area contributed by atoms with E-state index < -0.39 is 0 Å². The highest BCUT2D eigenvalue weighted by Gasteiger charge is 2.02. The molecule has 1 unspecified atom stereocenters. The first-order chi connectivity index (χ1) is 10.3. The third kappa shape index (κ3) is 5.58. The van der Waals surface area contributed by atoms with E-state index in [2.05, 4.69) is 24.4 Å². The van der Waals surface area contributed by atoms with Crippen LogP contribution in [0.2, 0.25) is 0 Å². The van der Waals surface area contributed by atoms with Crippen molar-refractivity contribution < 1.29 is 9.47 Å². The molecule has 0 aromatic heterocycles. The highest BCUT2D eigenvalue weighted by atomic mass is 16.5. The van der Waals surface area contributed by atoms with Gasteiger partial charge in [-0.2, -0.15) is 0 Å². The minimum Gasteiger partial charge on any atom is -0.457 e. The zero-order valence-electron chi connectivity index (χ0n) is 12.7. The fourth-order valence-corrected chi connectivity index (χ4v) is 2.11.